The van der Waals surface area contributed by atoms with Gasteiger partial charge in [-0.15, -0.1) is 0 Å². The van der Waals surface area contributed by atoms with E-state index in [-0.39, 0.29) is 17.9 Å². The summed E-state index contributed by atoms with van der Waals surface area (Å²) < 4.78 is 46.8. The van der Waals surface area contributed by atoms with Crippen molar-refractivity contribution in [3.63, 3.8) is 0 Å². The monoisotopic (exact) mass is 439 g/mol. The number of benzene rings is 2. The van der Waals surface area contributed by atoms with Crippen molar-refractivity contribution in [2.75, 3.05) is 39.5 Å². The minimum absolute atomic E-state index is 0.0861. The van der Waals surface area contributed by atoms with Crippen molar-refractivity contribution in [1.82, 2.24) is 0 Å². The fourth-order valence-corrected chi connectivity index (χ4v) is 4.44. The number of hydrogen-bond donors (Lipinski definition) is 2. The molecule has 0 amide bonds. The van der Waals surface area contributed by atoms with Crippen molar-refractivity contribution >= 4 is 15.5 Å². The van der Waals surface area contributed by atoms with Crippen LogP contribution in [0.2, 0.25) is 0 Å². The molecule has 2 aromatic rings. The summed E-state index contributed by atoms with van der Waals surface area (Å²) in [7, 11) is 2.64. The average molecular weight is 440 g/mol. The summed E-state index contributed by atoms with van der Waals surface area (Å²) in [5, 5.41) is 12.4. The molecule has 1 atom stereocenters. The number of aliphatic hydroxyl groups is 1. The highest BCUT2D eigenvalue weighted by Crippen LogP contribution is 2.35. The van der Waals surface area contributed by atoms with Crippen LogP contribution < -0.4 is 24.3 Å². The Hall–Kier alpha value is -2.65. The van der Waals surface area contributed by atoms with Crippen molar-refractivity contribution < 1.29 is 32.5 Å². The molecular weight excluding hydrogens is 410 g/mol. The van der Waals surface area contributed by atoms with E-state index in [4.69, 9.17) is 18.9 Å². The van der Waals surface area contributed by atoms with E-state index in [0.29, 0.717) is 39.8 Å². The van der Waals surface area contributed by atoms with Gasteiger partial charge in [-0.3, -0.25) is 0 Å². The quantitative estimate of drug-likeness (QED) is 0.515. The topological polar surface area (TPSA) is 103 Å². The second kappa shape index (κ2) is 10.4. The molecule has 0 spiro atoms. The Balaban J connectivity index is 2.21. The average Bonchev–Trinajstić information content (AvgIpc) is 2.71. The molecule has 0 aromatic heterocycles. The van der Waals surface area contributed by atoms with E-state index in [9.17, 15) is 13.5 Å². The highest BCUT2D eigenvalue weighted by molar-refractivity contribution is 7.90. The molecule has 0 fully saturated rings. The number of methoxy groups -OCH3 is 4. The molecule has 2 rings (SSSR count). The fourth-order valence-electron chi connectivity index (χ4n) is 3.09. The van der Waals surface area contributed by atoms with Crippen molar-refractivity contribution in [2.45, 2.75) is 25.3 Å². The Morgan fingerprint density at radius 2 is 1.53 bits per heavy atom. The first-order chi connectivity index (χ1) is 14.2. The van der Waals surface area contributed by atoms with Crippen LogP contribution in [0.4, 0.5) is 5.69 Å². The Morgan fingerprint density at radius 1 is 0.933 bits per heavy atom. The predicted octanol–water partition coefficient (Wildman–Crippen LogP) is 2.63. The number of hydrogen-bond acceptors (Lipinski definition) is 8. The van der Waals surface area contributed by atoms with Crippen LogP contribution in [0.1, 0.15) is 18.1 Å². The third-order valence-corrected chi connectivity index (χ3v) is 6.09. The fraction of sp³-hybridized carbons (Fsp3) is 0.429. The van der Waals surface area contributed by atoms with Gasteiger partial charge in [-0.25, -0.2) is 8.42 Å². The summed E-state index contributed by atoms with van der Waals surface area (Å²) >= 11 is 0. The first-order valence-corrected chi connectivity index (χ1v) is 11.2. The third kappa shape index (κ3) is 6.17. The first kappa shape index (κ1) is 23.6. The minimum atomic E-state index is -3.44. The Kier molecular flexibility index (Phi) is 8.19. The summed E-state index contributed by atoms with van der Waals surface area (Å²) in [5.41, 5.74) is 1.78. The molecule has 8 nitrogen and oxygen atoms in total. The number of sulfone groups is 1. The molecule has 2 N–H and O–H groups in total. The molecule has 0 aliphatic rings. The summed E-state index contributed by atoms with van der Waals surface area (Å²) in [4.78, 5) is 0. The highest BCUT2D eigenvalue weighted by Gasteiger charge is 2.19. The third-order valence-electron chi connectivity index (χ3n) is 4.50. The molecule has 0 radical (unpaired) electrons. The smallest absolute Gasteiger partial charge is 0.154 e. The molecule has 2 aromatic carbocycles. The van der Waals surface area contributed by atoms with E-state index < -0.39 is 16.1 Å². The molecule has 0 aliphatic heterocycles. The van der Waals surface area contributed by atoms with Gasteiger partial charge < -0.3 is 29.4 Å². The molecule has 0 aliphatic carbocycles. The summed E-state index contributed by atoms with van der Waals surface area (Å²) in [5.74, 6) is 1.86. The lowest BCUT2D eigenvalue weighted by Crippen LogP contribution is -2.15. The summed E-state index contributed by atoms with van der Waals surface area (Å²) in [6, 6.07) is 8.42. The van der Waals surface area contributed by atoms with Crippen LogP contribution >= 0.6 is 0 Å². The highest BCUT2D eigenvalue weighted by atomic mass is 32.2. The standard InChI is InChI=1S/C21H29NO7S/c1-14(23)22-18-10-15(6-7-19(18)27-3)13-30(24,25)9-8-17-20(28-4)11-16(26-2)12-21(17)29-5/h6-7,10-12,14,22-23H,8-9,13H2,1-5H3. The molecule has 0 saturated carbocycles. The van der Waals surface area contributed by atoms with Gasteiger partial charge in [0.25, 0.3) is 0 Å². The molecule has 0 saturated heterocycles. The van der Waals surface area contributed by atoms with Gasteiger partial charge >= 0.3 is 0 Å². The normalized spacial score (nSPS) is 12.2. The number of rotatable bonds is 11. The molecule has 1 unspecified atom stereocenters. The lowest BCUT2D eigenvalue weighted by atomic mass is 10.1. The SMILES string of the molecule is COc1cc(OC)c(CCS(=O)(=O)Cc2ccc(OC)c(NC(C)O)c2)c(OC)c1. The maximum absolute atomic E-state index is 12.8. The van der Waals surface area contributed by atoms with Gasteiger partial charge in [0.2, 0.25) is 0 Å². The lowest BCUT2D eigenvalue weighted by Gasteiger charge is -2.16. The van der Waals surface area contributed by atoms with Gasteiger partial charge in [0.1, 0.15) is 29.2 Å². The second-order valence-electron chi connectivity index (χ2n) is 6.71. The van der Waals surface area contributed by atoms with Gasteiger partial charge in [-0.05, 0) is 31.0 Å². The summed E-state index contributed by atoms with van der Waals surface area (Å²) in [6.07, 6.45) is -0.575. The number of nitrogens with one attached hydrogen (secondary N) is 1. The molecular formula is C21H29NO7S. The van der Waals surface area contributed by atoms with Gasteiger partial charge in [-0.1, -0.05) is 6.07 Å². The van der Waals surface area contributed by atoms with Crippen LogP contribution in [-0.2, 0) is 22.0 Å². The Labute approximate surface area is 177 Å². The van der Waals surface area contributed by atoms with Gasteiger partial charge in [0.05, 0.1) is 45.6 Å². The molecule has 0 heterocycles. The number of aliphatic hydroxyl groups excluding tert-OH is 1. The van der Waals surface area contributed by atoms with E-state index in [1.54, 1.807) is 37.3 Å². The maximum atomic E-state index is 12.8. The zero-order valence-corrected chi connectivity index (χ0v) is 18.7. The predicted molar refractivity (Wildman–Crippen MR) is 116 cm³/mol. The minimum Gasteiger partial charge on any atom is -0.496 e. The zero-order chi connectivity index (χ0) is 22.3. The first-order valence-electron chi connectivity index (χ1n) is 9.33. The second-order valence-corrected chi connectivity index (χ2v) is 8.89. The van der Waals surface area contributed by atoms with Crippen molar-refractivity contribution in [2.24, 2.45) is 0 Å². The molecule has 30 heavy (non-hydrogen) atoms. The Bertz CT molecular complexity index is 933. The van der Waals surface area contributed by atoms with Crippen molar-refractivity contribution in [1.29, 1.82) is 0 Å². The van der Waals surface area contributed by atoms with Crippen LogP contribution in [0.5, 0.6) is 23.0 Å². The zero-order valence-electron chi connectivity index (χ0n) is 17.9. The van der Waals surface area contributed by atoms with Crippen molar-refractivity contribution in [3.8, 4) is 23.0 Å². The summed E-state index contributed by atoms with van der Waals surface area (Å²) in [6.45, 7) is 1.57. The number of anilines is 1. The van der Waals surface area contributed by atoms with Crippen LogP contribution in [0.25, 0.3) is 0 Å². The largest absolute Gasteiger partial charge is 0.496 e. The van der Waals surface area contributed by atoms with Gasteiger partial charge in [0.15, 0.2) is 9.84 Å². The van der Waals surface area contributed by atoms with E-state index in [0.717, 1.165) is 0 Å². The van der Waals surface area contributed by atoms with Crippen molar-refractivity contribution in [3.05, 3.63) is 41.5 Å². The molecule has 0 bridgehead atoms. The van der Waals surface area contributed by atoms with Crippen LogP contribution in [0.3, 0.4) is 0 Å². The lowest BCUT2D eigenvalue weighted by molar-refractivity contribution is 0.223. The van der Waals surface area contributed by atoms with E-state index in [2.05, 4.69) is 5.32 Å². The molecule has 166 valence electrons. The number of ether oxygens (including phenoxy) is 4. The maximum Gasteiger partial charge on any atom is 0.154 e. The molecule has 9 heteroatoms. The van der Waals surface area contributed by atoms with Gasteiger partial charge in [-0.2, -0.15) is 0 Å². The van der Waals surface area contributed by atoms with E-state index >= 15 is 0 Å². The van der Waals surface area contributed by atoms with E-state index in [1.165, 1.54) is 28.4 Å². The van der Waals surface area contributed by atoms with Crippen LogP contribution in [0.15, 0.2) is 30.3 Å². The van der Waals surface area contributed by atoms with E-state index in [1.807, 2.05) is 0 Å². The van der Waals surface area contributed by atoms with Crippen LogP contribution in [0, 0.1) is 0 Å². The van der Waals surface area contributed by atoms with Gasteiger partial charge in [0, 0.05) is 17.7 Å². The Morgan fingerprint density at radius 3 is 2.03 bits per heavy atom. The van der Waals surface area contributed by atoms with Crippen LogP contribution in [-0.4, -0.2) is 53.9 Å².